The first-order chi connectivity index (χ1) is 6.11. The number of carbonyl (C=O) groups excluding carboxylic acids is 2. The second kappa shape index (κ2) is 6.22. The average molecular weight is 186 g/mol. The normalized spacial score (nSPS) is 12.5. The molecule has 0 saturated carbocycles. The summed E-state index contributed by atoms with van der Waals surface area (Å²) in [6.45, 7) is 5.14. The van der Waals surface area contributed by atoms with Gasteiger partial charge in [-0.3, -0.25) is 0 Å². The van der Waals surface area contributed by atoms with E-state index in [1.165, 1.54) is 13.0 Å². The van der Waals surface area contributed by atoms with Crippen LogP contribution in [0.5, 0.6) is 0 Å². The third-order valence-corrected chi connectivity index (χ3v) is 1.21. The molecule has 0 aromatic rings. The fraction of sp³-hybridized carbons (Fsp3) is 0.556. The topological polar surface area (TPSA) is 52.6 Å². The molecule has 0 fully saturated rings. The van der Waals surface area contributed by atoms with Gasteiger partial charge in [0.25, 0.3) is 0 Å². The zero-order valence-electron chi connectivity index (χ0n) is 8.07. The van der Waals surface area contributed by atoms with E-state index >= 15 is 0 Å². The quantitative estimate of drug-likeness (QED) is 0.486. The van der Waals surface area contributed by atoms with Crippen molar-refractivity contribution in [2.45, 2.75) is 26.9 Å². The lowest BCUT2D eigenvalue weighted by atomic mass is 10.4. The molecule has 0 aliphatic carbocycles. The van der Waals surface area contributed by atoms with Crippen LogP contribution < -0.4 is 0 Å². The molecule has 0 saturated heterocycles. The van der Waals surface area contributed by atoms with Gasteiger partial charge in [0.1, 0.15) is 0 Å². The maximum absolute atomic E-state index is 11.0. The van der Waals surface area contributed by atoms with Crippen LogP contribution >= 0.6 is 0 Å². The summed E-state index contributed by atoms with van der Waals surface area (Å²) < 4.78 is 9.35. The first-order valence-corrected chi connectivity index (χ1v) is 4.11. The summed E-state index contributed by atoms with van der Waals surface area (Å²) in [5.74, 6) is -1.07. The van der Waals surface area contributed by atoms with Crippen molar-refractivity contribution in [1.82, 2.24) is 0 Å². The molecule has 74 valence electrons. The van der Waals surface area contributed by atoms with Crippen molar-refractivity contribution < 1.29 is 19.1 Å². The Labute approximate surface area is 77.5 Å². The first kappa shape index (κ1) is 11.7. The molecule has 0 aliphatic heterocycles. The van der Waals surface area contributed by atoms with Crippen LogP contribution in [-0.2, 0) is 19.1 Å². The van der Waals surface area contributed by atoms with Crippen LogP contribution in [0.1, 0.15) is 20.8 Å². The Morgan fingerprint density at radius 2 is 2.08 bits per heavy atom. The van der Waals surface area contributed by atoms with Gasteiger partial charge in [0.05, 0.1) is 6.61 Å². The van der Waals surface area contributed by atoms with Crippen LogP contribution in [0.2, 0.25) is 0 Å². The number of carbonyl (C=O) groups is 2. The third-order valence-electron chi connectivity index (χ3n) is 1.21. The zero-order chi connectivity index (χ0) is 10.3. The van der Waals surface area contributed by atoms with Crippen molar-refractivity contribution >= 4 is 11.9 Å². The van der Waals surface area contributed by atoms with E-state index in [2.05, 4.69) is 4.74 Å². The summed E-state index contributed by atoms with van der Waals surface area (Å²) in [6, 6.07) is 0. The zero-order valence-corrected chi connectivity index (χ0v) is 8.07. The predicted octanol–water partition coefficient (Wildman–Crippen LogP) is 1.06. The van der Waals surface area contributed by atoms with Crippen LogP contribution in [0, 0.1) is 0 Å². The molecule has 0 spiro atoms. The van der Waals surface area contributed by atoms with Gasteiger partial charge >= 0.3 is 11.9 Å². The van der Waals surface area contributed by atoms with Gasteiger partial charge in [-0.25, -0.2) is 9.59 Å². The summed E-state index contributed by atoms with van der Waals surface area (Å²) in [5.41, 5.74) is 0. The summed E-state index contributed by atoms with van der Waals surface area (Å²) in [5, 5.41) is 0. The minimum Gasteiger partial charge on any atom is -0.463 e. The molecule has 0 aromatic heterocycles. The Balaban J connectivity index is 3.92. The standard InChI is InChI=1S/C9H14O4/c1-4-6-8(10)13-7(3)9(11)12-5-2/h4,6-7H,5H2,1-3H3/b6-4+. The molecular weight excluding hydrogens is 172 g/mol. The molecule has 0 rings (SSSR count). The molecule has 1 unspecified atom stereocenters. The van der Waals surface area contributed by atoms with E-state index in [1.54, 1.807) is 19.9 Å². The van der Waals surface area contributed by atoms with Gasteiger partial charge in [-0.15, -0.1) is 0 Å². The highest BCUT2D eigenvalue weighted by Gasteiger charge is 2.16. The number of hydrogen-bond donors (Lipinski definition) is 0. The summed E-state index contributed by atoms with van der Waals surface area (Å²) in [7, 11) is 0. The lowest BCUT2D eigenvalue weighted by molar-refractivity contribution is -0.163. The van der Waals surface area contributed by atoms with Gasteiger partial charge in [0.15, 0.2) is 6.10 Å². The highest BCUT2D eigenvalue weighted by molar-refractivity contribution is 5.85. The van der Waals surface area contributed by atoms with Gasteiger partial charge in [0, 0.05) is 6.08 Å². The van der Waals surface area contributed by atoms with Crippen LogP contribution in [0.4, 0.5) is 0 Å². The van der Waals surface area contributed by atoms with E-state index in [0.717, 1.165) is 0 Å². The second-order valence-corrected chi connectivity index (χ2v) is 2.33. The van der Waals surface area contributed by atoms with E-state index in [9.17, 15) is 9.59 Å². The van der Waals surface area contributed by atoms with E-state index < -0.39 is 18.0 Å². The highest BCUT2D eigenvalue weighted by atomic mass is 16.6. The van der Waals surface area contributed by atoms with Crippen molar-refractivity contribution in [3.8, 4) is 0 Å². The lowest BCUT2D eigenvalue weighted by Gasteiger charge is -2.09. The number of allylic oxidation sites excluding steroid dienone is 1. The highest BCUT2D eigenvalue weighted by Crippen LogP contribution is 1.96. The lowest BCUT2D eigenvalue weighted by Crippen LogP contribution is -2.25. The molecular formula is C9H14O4. The van der Waals surface area contributed by atoms with Gasteiger partial charge in [-0.05, 0) is 20.8 Å². The molecule has 0 aromatic carbocycles. The molecule has 4 nitrogen and oxygen atoms in total. The van der Waals surface area contributed by atoms with Gasteiger partial charge in [-0.1, -0.05) is 6.08 Å². The molecule has 0 N–H and O–H groups in total. The Morgan fingerprint density at radius 1 is 1.46 bits per heavy atom. The van der Waals surface area contributed by atoms with Gasteiger partial charge < -0.3 is 9.47 Å². The minimum atomic E-state index is -0.844. The van der Waals surface area contributed by atoms with E-state index in [0.29, 0.717) is 0 Å². The van der Waals surface area contributed by atoms with E-state index in [4.69, 9.17) is 4.74 Å². The largest absolute Gasteiger partial charge is 0.463 e. The van der Waals surface area contributed by atoms with Crippen LogP contribution in [0.15, 0.2) is 12.2 Å². The second-order valence-electron chi connectivity index (χ2n) is 2.33. The van der Waals surface area contributed by atoms with E-state index in [-0.39, 0.29) is 6.61 Å². The van der Waals surface area contributed by atoms with Crippen molar-refractivity contribution in [3.63, 3.8) is 0 Å². The monoisotopic (exact) mass is 186 g/mol. The molecule has 1 atom stereocenters. The molecule has 0 radical (unpaired) electrons. The predicted molar refractivity (Wildman–Crippen MR) is 47.0 cm³/mol. The summed E-state index contributed by atoms with van der Waals surface area (Å²) in [4.78, 5) is 21.8. The van der Waals surface area contributed by atoms with Crippen molar-refractivity contribution in [2.24, 2.45) is 0 Å². The Kier molecular flexibility index (Phi) is 5.59. The number of hydrogen-bond acceptors (Lipinski definition) is 4. The Bertz CT molecular complexity index is 208. The molecule has 0 aliphatic rings. The van der Waals surface area contributed by atoms with Crippen LogP contribution in [-0.4, -0.2) is 24.6 Å². The van der Waals surface area contributed by atoms with Gasteiger partial charge in [0.2, 0.25) is 0 Å². The van der Waals surface area contributed by atoms with Crippen LogP contribution in [0.3, 0.4) is 0 Å². The average Bonchev–Trinajstić information content (AvgIpc) is 2.05. The summed E-state index contributed by atoms with van der Waals surface area (Å²) >= 11 is 0. The number of ether oxygens (including phenoxy) is 2. The smallest absolute Gasteiger partial charge is 0.347 e. The SMILES string of the molecule is C/C=C/C(=O)OC(C)C(=O)OCC. The van der Waals surface area contributed by atoms with E-state index in [1.807, 2.05) is 0 Å². The molecule has 13 heavy (non-hydrogen) atoms. The van der Waals surface area contributed by atoms with Crippen LogP contribution in [0.25, 0.3) is 0 Å². The molecule has 0 heterocycles. The van der Waals surface area contributed by atoms with Crippen molar-refractivity contribution in [2.75, 3.05) is 6.61 Å². The third kappa shape index (κ3) is 5.00. The molecule has 0 amide bonds. The maximum Gasteiger partial charge on any atom is 0.347 e. The first-order valence-electron chi connectivity index (χ1n) is 4.11. The van der Waals surface area contributed by atoms with Crippen molar-refractivity contribution in [1.29, 1.82) is 0 Å². The fourth-order valence-electron chi connectivity index (χ4n) is 0.657. The fourth-order valence-corrected chi connectivity index (χ4v) is 0.657. The molecule has 0 bridgehead atoms. The van der Waals surface area contributed by atoms with Gasteiger partial charge in [-0.2, -0.15) is 0 Å². The Morgan fingerprint density at radius 3 is 2.54 bits per heavy atom. The van der Waals surface area contributed by atoms with Crippen molar-refractivity contribution in [3.05, 3.63) is 12.2 Å². The minimum absolute atomic E-state index is 0.282. The Hall–Kier alpha value is -1.32. The molecule has 4 heteroatoms. The number of rotatable bonds is 4. The number of esters is 2. The maximum atomic E-state index is 11.0. The summed E-state index contributed by atoms with van der Waals surface area (Å²) in [6.07, 6.45) is 1.94.